The molecule has 1 saturated carbocycles. The maximum absolute atomic E-state index is 12.7. The minimum absolute atomic E-state index is 0.0484. The molecule has 0 heterocycles. The van der Waals surface area contributed by atoms with Gasteiger partial charge in [-0.3, -0.25) is 9.59 Å². The van der Waals surface area contributed by atoms with Gasteiger partial charge in [-0.2, -0.15) is 0 Å². The lowest BCUT2D eigenvalue weighted by Gasteiger charge is -2.28. The van der Waals surface area contributed by atoms with E-state index < -0.39 is 0 Å². The number of carbonyl (C=O) groups is 2. The molecule has 1 N–H and O–H groups in total. The molecule has 0 bridgehead atoms. The first-order valence-electron chi connectivity index (χ1n) is 9.73. The number of benzene rings is 1. The van der Waals surface area contributed by atoms with Gasteiger partial charge in [0.05, 0.1) is 0 Å². The number of amides is 2. The maximum atomic E-state index is 12.7. The topological polar surface area (TPSA) is 55.9 Å². The summed E-state index contributed by atoms with van der Waals surface area (Å²) in [5.74, 6) is 0.365. The molecule has 0 aliphatic heterocycles. The summed E-state index contributed by atoms with van der Waals surface area (Å²) in [4.78, 5) is 30.9. The molecule has 150 valence electrons. The summed E-state index contributed by atoms with van der Waals surface area (Å²) in [6.45, 7) is 5.89. The van der Waals surface area contributed by atoms with Gasteiger partial charge in [-0.25, -0.2) is 0 Å². The summed E-state index contributed by atoms with van der Waals surface area (Å²) >= 11 is 0. The fourth-order valence-electron chi connectivity index (χ4n) is 2.97. The van der Waals surface area contributed by atoms with E-state index in [0.29, 0.717) is 13.1 Å². The van der Waals surface area contributed by atoms with Crippen LogP contribution in [-0.2, 0) is 16.1 Å². The smallest absolute Gasteiger partial charge is 0.227 e. The van der Waals surface area contributed by atoms with Gasteiger partial charge in [-0.05, 0) is 50.7 Å². The average molecular weight is 375 g/mol. The number of nitrogens with zero attached hydrogens (tertiary/aromatic N) is 3. The van der Waals surface area contributed by atoms with Gasteiger partial charge in [-0.1, -0.05) is 13.8 Å². The summed E-state index contributed by atoms with van der Waals surface area (Å²) in [5, 5.41) is 3.02. The minimum Gasteiger partial charge on any atom is -0.377 e. The molecule has 1 aliphatic rings. The highest BCUT2D eigenvalue weighted by Crippen LogP contribution is 2.31. The van der Waals surface area contributed by atoms with Crippen molar-refractivity contribution >= 4 is 23.2 Å². The first-order valence-corrected chi connectivity index (χ1v) is 9.73. The monoisotopic (exact) mass is 374 g/mol. The zero-order valence-electron chi connectivity index (χ0n) is 17.6. The summed E-state index contributed by atoms with van der Waals surface area (Å²) in [6.07, 6.45) is 1.96. The third-order valence-electron chi connectivity index (χ3n) is 4.76. The van der Waals surface area contributed by atoms with Crippen LogP contribution in [0, 0.1) is 11.8 Å². The van der Waals surface area contributed by atoms with Crippen molar-refractivity contribution in [1.82, 2.24) is 9.80 Å². The zero-order valence-corrected chi connectivity index (χ0v) is 17.6. The third-order valence-corrected chi connectivity index (χ3v) is 4.76. The van der Waals surface area contributed by atoms with E-state index in [1.54, 1.807) is 0 Å². The van der Waals surface area contributed by atoms with Crippen LogP contribution in [0.1, 0.15) is 32.3 Å². The molecular formula is C21H34N4O2. The number of nitrogens with one attached hydrogen (secondary N) is 1. The Labute approximate surface area is 163 Å². The van der Waals surface area contributed by atoms with E-state index in [1.165, 1.54) is 0 Å². The van der Waals surface area contributed by atoms with Gasteiger partial charge in [0.1, 0.15) is 0 Å². The van der Waals surface area contributed by atoms with Gasteiger partial charge >= 0.3 is 0 Å². The molecule has 0 saturated heterocycles. The lowest BCUT2D eigenvalue weighted by molar-refractivity contribution is -0.135. The van der Waals surface area contributed by atoms with Crippen LogP contribution < -0.4 is 10.2 Å². The van der Waals surface area contributed by atoms with Gasteiger partial charge in [0, 0.05) is 56.9 Å². The molecule has 2 amide bonds. The molecule has 2 rings (SSSR count). The quantitative estimate of drug-likeness (QED) is 0.722. The second kappa shape index (κ2) is 9.22. The first-order chi connectivity index (χ1) is 12.7. The van der Waals surface area contributed by atoms with E-state index in [-0.39, 0.29) is 23.7 Å². The van der Waals surface area contributed by atoms with Crippen LogP contribution in [0.15, 0.2) is 18.2 Å². The number of carbonyl (C=O) groups excluding carboxylic acids is 2. The Bertz CT molecular complexity index is 666. The van der Waals surface area contributed by atoms with Crippen LogP contribution in [0.3, 0.4) is 0 Å². The lowest BCUT2D eigenvalue weighted by Crippen LogP contribution is -2.38. The molecule has 1 aromatic carbocycles. The van der Waals surface area contributed by atoms with Crippen LogP contribution in [0.25, 0.3) is 0 Å². The number of hydrogen-bond acceptors (Lipinski definition) is 4. The van der Waals surface area contributed by atoms with Crippen LogP contribution >= 0.6 is 0 Å². The Kier molecular flexibility index (Phi) is 7.25. The highest BCUT2D eigenvalue weighted by Gasteiger charge is 2.29. The van der Waals surface area contributed by atoms with E-state index in [4.69, 9.17) is 0 Å². The fraction of sp³-hybridized carbons (Fsp3) is 0.619. The van der Waals surface area contributed by atoms with E-state index in [2.05, 4.69) is 10.2 Å². The summed E-state index contributed by atoms with van der Waals surface area (Å²) in [5.41, 5.74) is 2.91. The van der Waals surface area contributed by atoms with Crippen molar-refractivity contribution < 1.29 is 9.59 Å². The molecule has 0 atom stereocenters. The van der Waals surface area contributed by atoms with Crippen LogP contribution in [-0.4, -0.2) is 62.9 Å². The van der Waals surface area contributed by atoms with Crippen molar-refractivity contribution in [2.45, 2.75) is 33.2 Å². The van der Waals surface area contributed by atoms with Crippen molar-refractivity contribution in [3.8, 4) is 0 Å². The number of likely N-dealkylation sites (N-methyl/N-ethyl adjacent to an activating group) is 1. The molecule has 0 unspecified atom stereocenters. The van der Waals surface area contributed by atoms with Crippen molar-refractivity contribution in [1.29, 1.82) is 0 Å². The normalized spacial score (nSPS) is 13.8. The van der Waals surface area contributed by atoms with Gasteiger partial charge in [0.25, 0.3) is 0 Å². The van der Waals surface area contributed by atoms with Gasteiger partial charge in [0.2, 0.25) is 11.8 Å². The predicted octanol–water partition coefficient (Wildman–Crippen LogP) is 2.65. The summed E-state index contributed by atoms with van der Waals surface area (Å²) in [7, 11) is 8.01. The fourth-order valence-corrected chi connectivity index (χ4v) is 2.97. The first kappa shape index (κ1) is 21.2. The highest BCUT2D eigenvalue weighted by molar-refractivity contribution is 5.94. The molecule has 0 aromatic heterocycles. The molecule has 1 aromatic rings. The van der Waals surface area contributed by atoms with Gasteiger partial charge in [-0.15, -0.1) is 0 Å². The number of hydrogen-bond donors (Lipinski definition) is 1. The van der Waals surface area contributed by atoms with Crippen molar-refractivity contribution in [2.24, 2.45) is 11.8 Å². The Balaban J connectivity index is 2.24. The molecular weight excluding hydrogens is 340 g/mol. The van der Waals surface area contributed by atoms with E-state index in [9.17, 15) is 9.59 Å². The summed E-state index contributed by atoms with van der Waals surface area (Å²) < 4.78 is 0. The van der Waals surface area contributed by atoms with E-state index >= 15 is 0 Å². The van der Waals surface area contributed by atoms with Crippen molar-refractivity contribution in [3.63, 3.8) is 0 Å². The van der Waals surface area contributed by atoms with Gasteiger partial charge in [0.15, 0.2) is 0 Å². The lowest BCUT2D eigenvalue weighted by atomic mass is 10.1. The van der Waals surface area contributed by atoms with Crippen LogP contribution in [0.2, 0.25) is 0 Å². The molecule has 27 heavy (non-hydrogen) atoms. The Morgan fingerprint density at radius 1 is 1.11 bits per heavy atom. The second-order valence-corrected chi connectivity index (χ2v) is 8.22. The molecule has 6 heteroatoms. The molecule has 0 radical (unpaired) electrons. The molecule has 0 spiro atoms. The SMILES string of the molecule is CC(C)C(=O)N(CCN(C)C)Cc1cc(NC(=O)C2CC2)ccc1N(C)C. The summed E-state index contributed by atoms with van der Waals surface area (Å²) in [6, 6.07) is 5.96. The van der Waals surface area contributed by atoms with E-state index in [1.807, 2.05) is 70.0 Å². The highest BCUT2D eigenvalue weighted by atomic mass is 16.2. The molecule has 1 fully saturated rings. The maximum Gasteiger partial charge on any atom is 0.227 e. The number of anilines is 2. The molecule has 6 nitrogen and oxygen atoms in total. The molecule has 1 aliphatic carbocycles. The van der Waals surface area contributed by atoms with Crippen LogP contribution in [0.4, 0.5) is 11.4 Å². The van der Waals surface area contributed by atoms with E-state index in [0.717, 1.165) is 36.3 Å². The third kappa shape index (κ3) is 6.24. The predicted molar refractivity (Wildman–Crippen MR) is 111 cm³/mol. The Morgan fingerprint density at radius 2 is 1.78 bits per heavy atom. The second-order valence-electron chi connectivity index (χ2n) is 8.22. The largest absolute Gasteiger partial charge is 0.377 e. The zero-order chi connectivity index (χ0) is 20.1. The van der Waals surface area contributed by atoms with Crippen molar-refractivity contribution in [2.75, 3.05) is 51.5 Å². The Morgan fingerprint density at radius 3 is 2.30 bits per heavy atom. The van der Waals surface area contributed by atoms with Crippen LogP contribution in [0.5, 0.6) is 0 Å². The van der Waals surface area contributed by atoms with Gasteiger partial charge < -0.3 is 20.0 Å². The average Bonchev–Trinajstić information content (AvgIpc) is 3.42. The Hall–Kier alpha value is -2.08. The minimum atomic E-state index is -0.0484. The van der Waals surface area contributed by atoms with Crippen molar-refractivity contribution in [3.05, 3.63) is 23.8 Å². The number of rotatable bonds is 9. The standard InChI is InChI=1S/C21H34N4O2/c1-15(2)21(27)25(12-11-23(3)4)14-17-13-18(9-10-19(17)24(5)6)22-20(26)16-7-8-16/h9-10,13,15-16H,7-8,11-12,14H2,1-6H3,(H,22,26).